The highest BCUT2D eigenvalue weighted by Gasteiger charge is 2.15. The summed E-state index contributed by atoms with van der Waals surface area (Å²) in [6.07, 6.45) is 0.830. The first kappa shape index (κ1) is 16.8. The molecule has 19 heavy (non-hydrogen) atoms. The van der Waals surface area contributed by atoms with Crippen molar-refractivity contribution in [2.45, 2.75) is 0 Å². The van der Waals surface area contributed by atoms with Crippen LogP contribution in [0.2, 0.25) is 0 Å². The molecule has 104 valence electrons. The molecule has 2 nitrogen and oxygen atoms in total. The molecule has 0 saturated heterocycles. The Hall–Kier alpha value is -2.17. The first-order chi connectivity index (χ1) is 8.76. The van der Waals surface area contributed by atoms with Crippen molar-refractivity contribution >= 4 is 0 Å². The highest BCUT2D eigenvalue weighted by Crippen LogP contribution is 2.27. The Morgan fingerprint density at radius 2 is 1.32 bits per heavy atom. The van der Waals surface area contributed by atoms with Crippen LogP contribution in [-0.4, -0.2) is 14.2 Å². The summed E-state index contributed by atoms with van der Waals surface area (Å²) in [6.45, 7) is 13.1. The van der Waals surface area contributed by atoms with E-state index in [0.29, 0.717) is 0 Å². The molecular formula is C14H15F3O2. The van der Waals surface area contributed by atoms with Crippen LogP contribution in [0.1, 0.15) is 0 Å². The SMILES string of the molecule is C=C(/C=C(/F)C(=C)OC)C(=C)/C(F)=C(/F)C(=C)OC. The summed E-state index contributed by atoms with van der Waals surface area (Å²) in [4.78, 5) is 0. The zero-order valence-corrected chi connectivity index (χ0v) is 10.9. The van der Waals surface area contributed by atoms with Crippen molar-refractivity contribution in [3.8, 4) is 0 Å². The van der Waals surface area contributed by atoms with E-state index in [0.717, 1.165) is 13.2 Å². The Balaban J connectivity index is 5.20. The summed E-state index contributed by atoms with van der Waals surface area (Å²) in [7, 11) is 2.35. The lowest BCUT2D eigenvalue weighted by atomic mass is 10.1. The van der Waals surface area contributed by atoms with Crippen molar-refractivity contribution in [1.82, 2.24) is 0 Å². The number of rotatable bonds is 7. The molecule has 0 aromatic heterocycles. The molecule has 0 bridgehead atoms. The minimum Gasteiger partial charge on any atom is -0.494 e. The summed E-state index contributed by atoms with van der Waals surface area (Å²) in [5.41, 5.74) is -0.609. The third-order valence-corrected chi connectivity index (χ3v) is 2.15. The van der Waals surface area contributed by atoms with Gasteiger partial charge in [-0.05, 0) is 11.6 Å². The number of halogens is 3. The van der Waals surface area contributed by atoms with Gasteiger partial charge in [0.05, 0.1) is 14.2 Å². The Bertz CT molecular complexity index is 485. The van der Waals surface area contributed by atoms with Gasteiger partial charge >= 0.3 is 0 Å². The van der Waals surface area contributed by atoms with E-state index in [9.17, 15) is 13.2 Å². The molecular weight excluding hydrogens is 257 g/mol. The second-order valence-electron chi connectivity index (χ2n) is 3.38. The van der Waals surface area contributed by atoms with Gasteiger partial charge in [0.1, 0.15) is 11.5 Å². The van der Waals surface area contributed by atoms with Crippen LogP contribution in [0.5, 0.6) is 0 Å². The van der Waals surface area contributed by atoms with Crippen LogP contribution in [0.3, 0.4) is 0 Å². The van der Waals surface area contributed by atoms with Crippen LogP contribution in [0.4, 0.5) is 13.2 Å². The van der Waals surface area contributed by atoms with Crippen LogP contribution in [0.25, 0.3) is 0 Å². The maximum absolute atomic E-state index is 13.6. The van der Waals surface area contributed by atoms with E-state index in [-0.39, 0.29) is 11.3 Å². The zero-order valence-electron chi connectivity index (χ0n) is 10.9. The summed E-state index contributed by atoms with van der Waals surface area (Å²) >= 11 is 0. The Morgan fingerprint density at radius 1 is 0.842 bits per heavy atom. The zero-order chi connectivity index (χ0) is 15.2. The van der Waals surface area contributed by atoms with Crippen LogP contribution < -0.4 is 0 Å². The van der Waals surface area contributed by atoms with Gasteiger partial charge in [0.15, 0.2) is 11.7 Å². The smallest absolute Gasteiger partial charge is 0.200 e. The largest absolute Gasteiger partial charge is 0.494 e. The predicted molar refractivity (Wildman–Crippen MR) is 69.0 cm³/mol. The van der Waals surface area contributed by atoms with Crippen LogP contribution >= 0.6 is 0 Å². The second-order valence-corrected chi connectivity index (χ2v) is 3.38. The van der Waals surface area contributed by atoms with E-state index in [4.69, 9.17) is 0 Å². The van der Waals surface area contributed by atoms with E-state index in [1.165, 1.54) is 7.11 Å². The van der Waals surface area contributed by atoms with Gasteiger partial charge < -0.3 is 9.47 Å². The third kappa shape index (κ3) is 4.54. The third-order valence-electron chi connectivity index (χ3n) is 2.15. The van der Waals surface area contributed by atoms with Crippen molar-refractivity contribution in [2.24, 2.45) is 0 Å². The lowest BCUT2D eigenvalue weighted by Gasteiger charge is -2.07. The Kier molecular flexibility index (Phi) is 6.47. The number of hydrogen-bond donors (Lipinski definition) is 0. The molecule has 0 unspecified atom stereocenters. The number of ether oxygens (including phenoxy) is 2. The topological polar surface area (TPSA) is 18.5 Å². The van der Waals surface area contributed by atoms with Crippen molar-refractivity contribution < 1.29 is 22.6 Å². The lowest BCUT2D eigenvalue weighted by molar-refractivity contribution is 0.281. The van der Waals surface area contributed by atoms with Gasteiger partial charge in [-0.25, -0.2) is 8.78 Å². The van der Waals surface area contributed by atoms with Crippen LogP contribution in [0, 0.1) is 0 Å². The molecule has 0 radical (unpaired) electrons. The van der Waals surface area contributed by atoms with Gasteiger partial charge in [0.2, 0.25) is 5.83 Å². The van der Waals surface area contributed by atoms with Gasteiger partial charge in [-0.2, -0.15) is 4.39 Å². The maximum atomic E-state index is 13.6. The molecule has 0 aromatic rings. The fourth-order valence-electron chi connectivity index (χ4n) is 0.904. The minimum absolute atomic E-state index is 0.174. The number of hydrogen-bond acceptors (Lipinski definition) is 2. The van der Waals surface area contributed by atoms with Gasteiger partial charge in [-0.15, -0.1) is 0 Å². The quantitative estimate of drug-likeness (QED) is 0.504. The first-order valence-corrected chi connectivity index (χ1v) is 5.03. The van der Waals surface area contributed by atoms with Crippen LogP contribution in [-0.2, 0) is 9.47 Å². The highest BCUT2D eigenvalue weighted by molar-refractivity contribution is 5.50. The van der Waals surface area contributed by atoms with Crippen molar-refractivity contribution in [1.29, 1.82) is 0 Å². The fourth-order valence-corrected chi connectivity index (χ4v) is 0.904. The standard InChI is InChI=1S/C14H15F3O2/c1-8(7-12(15)10(3)18-5)9(2)13(16)14(17)11(4)19-6/h7H,1-4H2,5-6H3/b12-7+,14-13-. The monoisotopic (exact) mass is 272 g/mol. The van der Waals surface area contributed by atoms with Crippen molar-refractivity contribution in [3.05, 3.63) is 72.5 Å². The van der Waals surface area contributed by atoms with E-state index in [2.05, 4.69) is 35.8 Å². The molecule has 0 aliphatic heterocycles. The average Bonchev–Trinajstić information content (AvgIpc) is 2.42. The molecule has 0 saturated carbocycles. The van der Waals surface area contributed by atoms with Gasteiger partial charge in [0, 0.05) is 5.57 Å². The molecule has 0 heterocycles. The van der Waals surface area contributed by atoms with Crippen molar-refractivity contribution in [2.75, 3.05) is 14.2 Å². The number of methoxy groups -OCH3 is 2. The predicted octanol–water partition coefficient (Wildman–Crippen LogP) is 4.42. The Morgan fingerprint density at radius 3 is 1.74 bits per heavy atom. The first-order valence-electron chi connectivity index (χ1n) is 5.03. The number of allylic oxidation sites excluding steroid dienone is 6. The van der Waals surface area contributed by atoms with E-state index in [1.54, 1.807) is 0 Å². The van der Waals surface area contributed by atoms with Gasteiger partial charge in [-0.1, -0.05) is 26.3 Å². The lowest BCUT2D eigenvalue weighted by Crippen LogP contribution is -1.94. The Labute approximate surface area is 110 Å². The molecule has 0 amide bonds. The molecule has 0 aliphatic carbocycles. The molecule has 0 N–H and O–H groups in total. The van der Waals surface area contributed by atoms with Crippen molar-refractivity contribution in [3.63, 3.8) is 0 Å². The highest BCUT2D eigenvalue weighted by atomic mass is 19.2. The average molecular weight is 272 g/mol. The molecule has 0 atom stereocenters. The molecule has 0 aliphatic rings. The van der Waals surface area contributed by atoms with Crippen LogP contribution in [0.15, 0.2) is 72.5 Å². The summed E-state index contributed by atoms with van der Waals surface area (Å²) in [5.74, 6) is -4.29. The van der Waals surface area contributed by atoms with Gasteiger partial charge in [0.25, 0.3) is 0 Å². The van der Waals surface area contributed by atoms with Gasteiger partial charge in [-0.3, -0.25) is 0 Å². The summed E-state index contributed by atoms with van der Waals surface area (Å²) in [6, 6.07) is 0. The molecule has 0 fully saturated rings. The molecule has 0 aromatic carbocycles. The molecule has 0 spiro atoms. The van der Waals surface area contributed by atoms with E-state index < -0.39 is 28.8 Å². The summed E-state index contributed by atoms with van der Waals surface area (Å²) in [5, 5.41) is 0. The normalized spacial score (nSPS) is 12.4. The molecule has 5 heteroatoms. The van der Waals surface area contributed by atoms with E-state index >= 15 is 0 Å². The fraction of sp³-hybridized carbons (Fsp3) is 0.143. The minimum atomic E-state index is -1.33. The molecule has 0 rings (SSSR count). The van der Waals surface area contributed by atoms with E-state index in [1.807, 2.05) is 0 Å². The maximum Gasteiger partial charge on any atom is 0.200 e. The second kappa shape index (κ2) is 7.31. The summed E-state index contributed by atoms with van der Waals surface area (Å²) < 4.78 is 49.3.